The van der Waals surface area contributed by atoms with Gasteiger partial charge in [0, 0.05) is 24.2 Å². The fourth-order valence-electron chi connectivity index (χ4n) is 2.65. The zero-order valence-corrected chi connectivity index (χ0v) is 16.9. The molecule has 5 nitrogen and oxygen atoms in total. The number of amidine groups is 1. The molecule has 1 aliphatic heterocycles. The van der Waals surface area contributed by atoms with Gasteiger partial charge in [-0.3, -0.25) is 14.5 Å². The van der Waals surface area contributed by atoms with Crippen LogP contribution in [0.15, 0.2) is 47.5 Å². The lowest BCUT2D eigenvalue weighted by Crippen LogP contribution is -2.30. The molecule has 1 fully saturated rings. The van der Waals surface area contributed by atoms with E-state index < -0.39 is 5.25 Å². The number of nitrogens with zero attached hydrogens (tertiary/aromatic N) is 2. The maximum Gasteiger partial charge on any atom is 0.242 e. The van der Waals surface area contributed by atoms with Gasteiger partial charge in [0.05, 0.1) is 5.69 Å². The first-order valence-electron chi connectivity index (χ1n) is 8.49. The second kappa shape index (κ2) is 8.15. The van der Waals surface area contributed by atoms with Crippen molar-refractivity contribution in [3.05, 3.63) is 58.6 Å². The van der Waals surface area contributed by atoms with Gasteiger partial charge in [-0.15, -0.1) is 0 Å². The molecular weight excluding hydrogens is 382 g/mol. The van der Waals surface area contributed by atoms with Gasteiger partial charge in [0.15, 0.2) is 5.17 Å². The van der Waals surface area contributed by atoms with E-state index in [-0.39, 0.29) is 18.2 Å². The second-order valence-electron chi connectivity index (χ2n) is 6.43. The molecule has 27 heavy (non-hydrogen) atoms. The number of aryl methyl sites for hydroxylation is 2. The van der Waals surface area contributed by atoms with Crippen LogP contribution in [0.5, 0.6) is 0 Å². The molecule has 7 heteroatoms. The number of anilines is 1. The average Bonchev–Trinajstić information content (AvgIpc) is 2.86. The topological polar surface area (TPSA) is 61.8 Å². The van der Waals surface area contributed by atoms with Crippen molar-refractivity contribution >= 4 is 51.7 Å². The Morgan fingerprint density at radius 1 is 1.22 bits per heavy atom. The highest BCUT2D eigenvalue weighted by Gasteiger charge is 2.37. The Labute approximate surface area is 167 Å². The quantitative estimate of drug-likeness (QED) is 0.817. The smallest absolute Gasteiger partial charge is 0.242 e. The average molecular weight is 402 g/mol. The molecule has 1 saturated heterocycles. The van der Waals surface area contributed by atoms with Crippen molar-refractivity contribution in [2.45, 2.75) is 25.5 Å². The van der Waals surface area contributed by atoms with Crippen molar-refractivity contribution in [1.29, 1.82) is 0 Å². The Morgan fingerprint density at radius 3 is 2.70 bits per heavy atom. The number of nitrogens with one attached hydrogen (secondary N) is 1. The SMILES string of the molecule is Cc1ccc(N=C2S[C@H](CC(=O)Nc3cccc(Cl)c3)C(=O)N2C)cc1C. The summed E-state index contributed by atoms with van der Waals surface area (Å²) < 4.78 is 0. The highest BCUT2D eigenvalue weighted by atomic mass is 35.5. The summed E-state index contributed by atoms with van der Waals surface area (Å²) >= 11 is 7.24. The number of benzene rings is 2. The molecule has 0 unspecified atom stereocenters. The Morgan fingerprint density at radius 2 is 2.00 bits per heavy atom. The van der Waals surface area contributed by atoms with Crippen LogP contribution in [-0.4, -0.2) is 34.2 Å². The van der Waals surface area contributed by atoms with Crippen LogP contribution >= 0.6 is 23.4 Å². The lowest BCUT2D eigenvalue weighted by molar-refractivity contribution is -0.127. The van der Waals surface area contributed by atoms with Crippen LogP contribution < -0.4 is 5.32 Å². The molecule has 1 aliphatic rings. The maximum absolute atomic E-state index is 12.5. The molecule has 0 aromatic heterocycles. The molecule has 2 aromatic rings. The van der Waals surface area contributed by atoms with Crippen LogP contribution in [-0.2, 0) is 9.59 Å². The van der Waals surface area contributed by atoms with Crippen molar-refractivity contribution in [2.75, 3.05) is 12.4 Å². The third-order valence-electron chi connectivity index (χ3n) is 4.34. The lowest BCUT2D eigenvalue weighted by atomic mass is 10.1. The van der Waals surface area contributed by atoms with E-state index in [1.54, 1.807) is 31.3 Å². The predicted molar refractivity (Wildman–Crippen MR) is 112 cm³/mol. The summed E-state index contributed by atoms with van der Waals surface area (Å²) in [5.41, 5.74) is 3.74. The highest BCUT2D eigenvalue weighted by Crippen LogP contribution is 2.31. The summed E-state index contributed by atoms with van der Waals surface area (Å²) in [4.78, 5) is 30.9. The predicted octanol–water partition coefficient (Wildman–Crippen LogP) is 4.55. The number of amides is 2. The molecule has 0 spiro atoms. The molecule has 0 saturated carbocycles. The van der Waals surface area contributed by atoms with Crippen molar-refractivity contribution in [2.24, 2.45) is 4.99 Å². The maximum atomic E-state index is 12.5. The Kier molecular flexibility index (Phi) is 5.87. The fraction of sp³-hybridized carbons (Fsp3) is 0.250. The number of thioether (sulfide) groups is 1. The zero-order chi connectivity index (χ0) is 19.6. The van der Waals surface area contributed by atoms with Crippen molar-refractivity contribution in [1.82, 2.24) is 4.90 Å². The Hall–Kier alpha value is -2.31. The number of aliphatic imine (C=N–C) groups is 1. The number of hydrogen-bond donors (Lipinski definition) is 1. The van der Waals surface area contributed by atoms with Gasteiger partial charge in [0.25, 0.3) is 0 Å². The van der Waals surface area contributed by atoms with Crippen molar-refractivity contribution in [3.8, 4) is 0 Å². The fourth-order valence-corrected chi connectivity index (χ4v) is 3.99. The van der Waals surface area contributed by atoms with Gasteiger partial charge in [-0.25, -0.2) is 4.99 Å². The minimum Gasteiger partial charge on any atom is -0.326 e. The number of hydrogen-bond acceptors (Lipinski definition) is 4. The van der Waals surface area contributed by atoms with Crippen LogP contribution in [0.2, 0.25) is 5.02 Å². The normalized spacial score (nSPS) is 18.2. The molecule has 3 rings (SSSR count). The van der Waals surface area contributed by atoms with E-state index in [2.05, 4.69) is 10.3 Å². The third kappa shape index (κ3) is 4.70. The number of halogens is 1. The lowest BCUT2D eigenvalue weighted by Gasteiger charge is -2.09. The summed E-state index contributed by atoms with van der Waals surface area (Å²) in [6.45, 7) is 4.07. The van der Waals surface area contributed by atoms with Crippen LogP contribution in [0.25, 0.3) is 0 Å². The monoisotopic (exact) mass is 401 g/mol. The summed E-state index contributed by atoms with van der Waals surface area (Å²) in [6, 6.07) is 12.8. The summed E-state index contributed by atoms with van der Waals surface area (Å²) in [5.74, 6) is -0.354. The summed E-state index contributed by atoms with van der Waals surface area (Å²) in [5, 5.41) is 3.43. The van der Waals surface area contributed by atoms with Crippen LogP contribution in [0.4, 0.5) is 11.4 Å². The standard InChI is InChI=1S/C20H20ClN3O2S/c1-12-7-8-16(9-13(12)2)23-20-24(3)19(26)17(27-20)11-18(25)22-15-6-4-5-14(21)10-15/h4-10,17H,11H2,1-3H3,(H,22,25)/t17-/m1/s1. The minimum atomic E-state index is -0.487. The molecule has 2 aromatic carbocycles. The molecule has 0 radical (unpaired) electrons. The van der Waals surface area contributed by atoms with Gasteiger partial charge in [-0.2, -0.15) is 0 Å². The molecular formula is C20H20ClN3O2S. The summed E-state index contributed by atoms with van der Waals surface area (Å²) in [6.07, 6.45) is 0.0757. The van der Waals surface area contributed by atoms with E-state index in [4.69, 9.17) is 11.6 Å². The number of carbonyl (C=O) groups excluding carboxylic acids is 2. The first-order chi connectivity index (χ1) is 12.8. The Balaban J connectivity index is 1.69. The van der Waals surface area contributed by atoms with Crippen LogP contribution in [0.3, 0.4) is 0 Å². The van der Waals surface area contributed by atoms with Crippen molar-refractivity contribution < 1.29 is 9.59 Å². The Bertz CT molecular complexity index is 929. The number of rotatable bonds is 4. The molecule has 1 heterocycles. The zero-order valence-electron chi connectivity index (χ0n) is 15.3. The van der Waals surface area contributed by atoms with E-state index >= 15 is 0 Å². The molecule has 140 valence electrons. The summed E-state index contributed by atoms with van der Waals surface area (Å²) in [7, 11) is 1.68. The van der Waals surface area contributed by atoms with E-state index in [9.17, 15) is 9.59 Å². The van der Waals surface area contributed by atoms with Gasteiger partial charge in [0.2, 0.25) is 11.8 Å². The minimum absolute atomic E-state index is 0.0757. The molecule has 1 atom stereocenters. The van der Waals surface area contributed by atoms with Gasteiger partial charge in [-0.1, -0.05) is 35.5 Å². The van der Waals surface area contributed by atoms with Gasteiger partial charge in [0.1, 0.15) is 5.25 Å². The van der Waals surface area contributed by atoms with E-state index in [0.29, 0.717) is 15.9 Å². The van der Waals surface area contributed by atoms with Crippen LogP contribution in [0.1, 0.15) is 17.5 Å². The van der Waals surface area contributed by atoms with Gasteiger partial charge < -0.3 is 5.32 Å². The van der Waals surface area contributed by atoms with Crippen LogP contribution in [0, 0.1) is 13.8 Å². The highest BCUT2D eigenvalue weighted by molar-refractivity contribution is 8.15. The molecule has 0 bridgehead atoms. The molecule has 2 amide bonds. The first kappa shape index (κ1) is 19.5. The first-order valence-corrected chi connectivity index (χ1v) is 9.75. The van der Waals surface area contributed by atoms with Crippen molar-refractivity contribution in [3.63, 3.8) is 0 Å². The second-order valence-corrected chi connectivity index (χ2v) is 8.04. The largest absolute Gasteiger partial charge is 0.326 e. The van der Waals surface area contributed by atoms with E-state index in [0.717, 1.165) is 11.3 Å². The number of carbonyl (C=O) groups is 2. The van der Waals surface area contributed by atoms with Gasteiger partial charge in [-0.05, 0) is 55.3 Å². The van der Waals surface area contributed by atoms with E-state index in [1.807, 2.05) is 32.0 Å². The molecule has 1 N–H and O–H groups in total. The van der Waals surface area contributed by atoms with Gasteiger partial charge >= 0.3 is 0 Å². The molecule has 0 aliphatic carbocycles. The van der Waals surface area contributed by atoms with E-state index in [1.165, 1.54) is 22.2 Å². The third-order valence-corrected chi connectivity index (χ3v) is 5.80.